The fourth-order valence-electron chi connectivity index (χ4n) is 1.94. The molecule has 1 aliphatic carbocycles. The Hall–Kier alpha value is -0.630. The van der Waals surface area contributed by atoms with Crippen molar-refractivity contribution in [1.29, 1.82) is 0 Å². The monoisotopic (exact) mass is 208 g/mol. The Kier molecular flexibility index (Phi) is 2.26. The standard InChI is InChI=1S/C12H16OS/c1-4-8-7-9-10(14-8)5-6-12(2,3)11(9)13/h7H,4-6H2,1-3H3. The summed E-state index contributed by atoms with van der Waals surface area (Å²) in [4.78, 5) is 14.7. The first-order chi connectivity index (χ1) is 6.54. The summed E-state index contributed by atoms with van der Waals surface area (Å²) in [5.41, 5.74) is 0.863. The summed E-state index contributed by atoms with van der Waals surface area (Å²) < 4.78 is 0. The molecule has 2 rings (SSSR count). The van der Waals surface area contributed by atoms with Gasteiger partial charge in [0, 0.05) is 20.7 Å². The molecule has 1 heterocycles. The molecule has 0 fully saturated rings. The maximum atomic E-state index is 12.1. The molecular weight excluding hydrogens is 192 g/mol. The molecule has 0 saturated carbocycles. The van der Waals surface area contributed by atoms with Crippen molar-refractivity contribution >= 4 is 17.1 Å². The first-order valence-corrected chi connectivity index (χ1v) is 6.02. The Morgan fingerprint density at radius 2 is 2.21 bits per heavy atom. The Morgan fingerprint density at radius 3 is 2.86 bits per heavy atom. The highest BCUT2D eigenvalue weighted by Crippen LogP contribution is 2.38. The number of ketones is 1. The summed E-state index contributed by atoms with van der Waals surface area (Å²) in [6, 6.07) is 2.10. The van der Waals surface area contributed by atoms with E-state index >= 15 is 0 Å². The van der Waals surface area contributed by atoms with Crippen LogP contribution in [0.3, 0.4) is 0 Å². The van der Waals surface area contributed by atoms with E-state index in [4.69, 9.17) is 0 Å². The van der Waals surface area contributed by atoms with E-state index in [0.29, 0.717) is 5.78 Å². The van der Waals surface area contributed by atoms with Gasteiger partial charge in [-0.05, 0) is 25.3 Å². The quantitative estimate of drug-likeness (QED) is 0.690. The van der Waals surface area contributed by atoms with Gasteiger partial charge in [0.1, 0.15) is 0 Å². The molecule has 1 aliphatic rings. The van der Waals surface area contributed by atoms with Gasteiger partial charge < -0.3 is 0 Å². The topological polar surface area (TPSA) is 17.1 Å². The average molecular weight is 208 g/mol. The van der Waals surface area contributed by atoms with Crippen LogP contribution in [0.15, 0.2) is 6.07 Å². The molecule has 2 heteroatoms. The molecule has 0 unspecified atom stereocenters. The first-order valence-electron chi connectivity index (χ1n) is 5.21. The number of rotatable bonds is 1. The zero-order chi connectivity index (χ0) is 10.3. The van der Waals surface area contributed by atoms with E-state index in [-0.39, 0.29) is 5.41 Å². The second-order valence-corrected chi connectivity index (χ2v) is 5.84. The summed E-state index contributed by atoms with van der Waals surface area (Å²) in [6.07, 6.45) is 3.13. The normalized spacial score (nSPS) is 19.5. The lowest BCUT2D eigenvalue weighted by molar-refractivity contribution is 0.0813. The van der Waals surface area contributed by atoms with Gasteiger partial charge >= 0.3 is 0 Å². The van der Waals surface area contributed by atoms with Crippen molar-refractivity contribution in [3.8, 4) is 0 Å². The van der Waals surface area contributed by atoms with Crippen LogP contribution in [0.5, 0.6) is 0 Å². The Balaban J connectivity index is 2.45. The number of carbonyl (C=O) groups excluding carboxylic acids is 1. The summed E-state index contributed by atoms with van der Waals surface area (Å²) in [5.74, 6) is 0.342. The molecule has 1 nitrogen and oxygen atoms in total. The third kappa shape index (κ3) is 1.42. The van der Waals surface area contributed by atoms with Gasteiger partial charge in [0.15, 0.2) is 5.78 Å². The van der Waals surface area contributed by atoms with Gasteiger partial charge in [-0.1, -0.05) is 20.8 Å². The molecular formula is C12H16OS. The van der Waals surface area contributed by atoms with Crippen molar-refractivity contribution in [2.24, 2.45) is 5.41 Å². The molecule has 0 aliphatic heterocycles. The van der Waals surface area contributed by atoms with Crippen molar-refractivity contribution in [2.75, 3.05) is 0 Å². The van der Waals surface area contributed by atoms with Crippen LogP contribution in [0.2, 0.25) is 0 Å². The predicted octanol–water partition coefficient (Wildman–Crippen LogP) is 3.47. The Morgan fingerprint density at radius 1 is 1.50 bits per heavy atom. The summed E-state index contributed by atoms with van der Waals surface area (Å²) in [5, 5.41) is 0. The lowest BCUT2D eigenvalue weighted by Gasteiger charge is -2.27. The number of hydrogen-bond donors (Lipinski definition) is 0. The van der Waals surface area contributed by atoms with Crippen LogP contribution >= 0.6 is 11.3 Å². The van der Waals surface area contributed by atoms with Gasteiger partial charge in [-0.2, -0.15) is 0 Å². The van der Waals surface area contributed by atoms with Gasteiger partial charge in [-0.3, -0.25) is 4.79 Å². The second kappa shape index (κ2) is 3.20. The Labute approximate surface area is 89.1 Å². The van der Waals surface area contributed by atoms with Gasteiger partial charge in [0.25, 0.3) is 0 Å². The highest BCUT2D eigenvalue weighted by molar-refractivity contribution is 7.12. The van der Waals surface area contributed by atoms with E-state index in [1.54, 1.807) is 0 Å². The van der Waals surface area contributed by atoms with Crippen LogP contribution in [0, 0.1) is 5.41 Å². The number of aryl methyl sites for hydroxylation is 2. The molecule has 1 aromatic rings. The van der Waals surface area contributed by atoms with Crippen molar-refractivity contribution in [1.82, 2.24) is 0 Å². The minimum atomic E-state index is -0.140. The largest absolute Gasteiger partial charge is 0.294 e. The zero-order valence-electron chi connectivity index (χ0n) is 9.02. The molecule has 0 saturated heterocycles. The molecule has 0 atom stereocenters. The minimum Gasteiger partial charge on any atom is -0.294 e. The van der Waals surface area contributed by atoms with Gasteiger partial charge in [0.05, 0.1) is 0 Å². The van der Waals surface area contributed by atoms with Crippen LogP contribution in [0.25, 0.3) is 0 Å². The van der Waals surface area contributed by atoms with E-state index in [2.05, 4.69) is 26.8 Å². The van der Waals surface area contributed by atoms with Crippen molar-refractivity contribution in [2.45, 2.75) is 40.0 Å². The van der Waals surface area contributed by atoms with Crippen molar-refractivity contribution in [3.05, 3.63) is 21.4 Å². The third-order valence-corrected chi connectivity index (χ3v) is 4.38. The first kappa shape index (κ1) is 9.91. The van der Waals surface area contributed by atoms with Gasteiger partial charge in [0.2, 0.25) is 0 Å². The highest BCUT2D eigenvalue weighted by Gasteiger charge is 2.35. The fraction of sp³-hybridized carbons (Fsp3) is 0.583. The van der Waals surface area contributed by atoms with Crippen LogP contribution in [0.1, 0.15) is 47.3 Å². The molecule has 0 N–H and O–H groups in total. The summed E-state index contributed by atoms with van der Waals surface area (Å²) in [7, 11) is 0. The van der Waals surface area contributed by atoms with Gasteiger partial charge in [-0.25, -0.2) is 0 Å². The fourth-order valence-corrected chi connectivity index (χ4v) is 3.04. The lowest BCUT2D eigenvalue weighted by Crippen LogP contribution is -2.29. The number of thiophene rings is 1. The zero-order valence-corrected chi connectivity index (χ0v) is 9.83. The number of carbonyl (C=O) groups is 1. The van der Waals surface area contributed by atoms with E-state index in [9.17, 15) is 4.79 Å². The maximum absolute atomic E-state index is 12.1. The summed E-state index contributed by atoms with van der Waals surface area (Å²) >= 11 is 1.82. The number of hydrogen-bond acceptors (Lipinski definition) is 2. The number of fused-ring (bicyclic) bond motifs is 1. The highest BCUT2D eigenvalue weighted by atomic mass is 32.1. The van der Waals surface area contributed by atoms with Crippen LogP contribution < -0.4 is 0 Å². The van der Waals surface area contributed by atoms with Gasteiger partial charge in [-0.15, -0.1) is 11.3 Å². The molecule has 0 aromatic carbocycles. The lowest BCUT2D eigenvalue weighted by atomic mass is 9.76. The molecule has 1 aromatic heterocycles. The minimum absolute atomic E-state index is 0.140. The van der Waals surface area contributed by atoms with Crippen LogP contribution in [-0.4, -0.2) is 5.78 Å². The van der Waals surface area contributed by atoms with Crippen LogP contribution in [-0.2, 0) is 12.8 Å². The summed E-state index contributed by atoms with van der Waals surface area (Å²) in [6.45, 7) is 6.26. The van der Waals surface area contributed by atoms with Crippen LogP contribution in [0.4, 0.5) is 0 Å². The second-order valence-electron chi connectivity index (χ2n) is 4.62. The van der Waals surface area contributed by atoms with Crippen molar-refractivity contribution < 1.29 is 4.79 Å². The van der Waals surface area contributed by atoms with E-state index in [1.165, 1.54) is 9.75 Å². The average Bonchev–Trinajstić information content (AvgIpc) is 2.55. The van der Waals surface area contributed by atoms with E-state index in [0.717, 1.165) is 24.8 Å². The SMILES string of the molecule is CCc1cc2c(s1)CCC(C)(C)C2=O. The van der Waals surface area contributed by atoms with Crippen molar-refractivity contribution in [3.63, 3.8) is 0 Å². The molecule has 76 valence electrons. The molecule has 0 amide bonds. The molecule has 14 heavy (non-hydrogen) atoms. The predicted molar refractivity (Wildman–Crippen MR) is 60.1 cm³/mol. The third-order valence-electron chi connectivity index (χ3n) is 3.04. The smallest absolute Gasteiger partial charge is 0.169 e. The molecule has 0 radical (unpaired) electrons. The molecule has 0 spiro atoms. The van der Waals surface area contributed by atoms with E-state index in [1.807, 2.05) is 11.3 Å². The molecule has 0 bridgehead atoms. The number of Topliss-reactive ketones (excluding diaryl/α,β-unsaturated/α-hetero) is 1. The van der Waals surface area contributed by atoms with E-state index < -0.39 is 0 Å². The Bertz CT molecular complexity index is 374. The maximum Gasteiger partial charge on any atom is 0.169 e.